The summed E-state index contributed by atoms with van der Waals surface area (Å²) in [5.74, 6) is 0. The average molecular weight is 1920 g/mol. The highest BCUT2D eigenvalue weighted by Gasteiger charge is 2.41. The molecule has 3 aliphatic carbocycles. The van der Waals surface area contributed by atoms with Crippen LogP contribution >= 0.6 is 0 Å². The first-order valence-electron chi connectivity index (χ1n) is 84.3. The largest absolute Gasteiger partial charge is 0.456 e. The van der Waals surface area contributed by atoms with E-state index >= 15 is 0 Å². The number of hydrogen-bond donors (Lipinski definition) is 0. The summed E-state index contributed by atoms with van der Waals surface area (Å²) in [5.41, 5.74) is -25.0. The van der Waals surface area contributed by atoms with Crippen molar-refractivity contribution >= 4 is 163 Å². The Balaban J connectivity index is 0.000000143. The van der Waals surface area contributed by atoms with Crippen LogP contribution in [0.3, 0.4) is 0 Å². The summed E-state index contributed by atoms with van der Waals surface area (Å²) in [6.45, 7) is -1.58. The van der Waals surface area contributed by atoms with E-state index < -0.39 is 724 Å². The summed E-state index contributed by atoms with van der Waals surface area (Å²) in [6.07, 6.45) is 0. The molecule has 0 amide bonds. The molecule has 28 aromatic rings. The van der Waals surface area contributed by atoms with Crippen LogP contribution in [0, 0.1) is 0 Å². The number of hydrogen-bond acceptors (Lipinski definition) is 3. The third-order valence-corrected chi connectivity index (χ3v) is 26.3. The van der Waals surface area contributed by atoms with Crippen molar-refractivity contribution in [1.29, 1.82) is 0 Å². The minimum atomic E-state index is -3.97. The van der Waals surface area contributed by atoms with Gasteiger partial charge in [-0.2, -0.15) is 0 Å². The fourth-order valence-corrected chi connectivity index (χ4v) is 20.0. The van der Waals surface area contributed by atoms with Gasteiger partial charge >= 0.3 is 0 Å². The van der Waals surface area contributed by atoms with Crippen LogP contribution in [0.2, 0.25) is 0 Å². The molecule has 3 nitrogen and oxygen atoms in total. The van der Waals surface area contributed by atoms with Crippen LogP contribution in [0.5, 0.6) is 0 Å². The molecule has 0 saturated heterocycles. The van der Waals surface area contributed by atoms with Gasteiger partial charge in [-0.05, 0) is 302 Å². The van der Waals surface area contributed by atoms with E-state index in [4.69, 9.17) is 81.8 Å². The van der Waals surface area contributed by atoms with Gasteiger partial charge in [0.1, 0.15) is 33.5 Å². The Morgan fingerprint density at radius 3 is 0.861 bits per heavy atom. The molecule has 0 unspecified atom stereocenters. The molecular formula is C141H94O3. The summed E-state index contributed by atoms with van der Waals surface area (Å²) >= 11 is 0. The Morgan fingerprint density at radius 1 is 0.174 bits per heavy atom. The molecule has 0 saturated carbocycles. The van der Waals surface area contributed by atoms with E-state index in [9.17, 15) is 42.5 Å². The van der Waals surface area contributed by atoms with Crippen LogP contribution in [0.15, 0.2) is 472 Å². The van der Waals surface area contributed by atoms with Crippen LogP contribution in [0.1, 0.15) is 186 Å². The minimum Gasteiger partial charge on any atom is -0.456 e. The van der Waals surface area contributed by atoms with Crippen molar-refractivity contribution in [2.45, 2.75) is 57.6 Å². The molecule has 3 heterocycles. The smallest absolute Gasteiger partial charge is 0.136 e. The molecule has 0 bridgehead atoms. The summed E-state index contributed by atoms with van der Waals surface area (Å²) in [7, 11) is 0. The second-order valence-electron chi connectivity index (χ2n) is 34.6. The van der Waals surface area contributed by atoms with Crippen LogP contribution < -0.4 is 0 Å². The van der Waals surface area contributed by atoms with Gasteiger partial charge < -0.3 is 13.3 Å². The normalized spacial score (nSPS) is 21.6. The molecular weight excluding hydrogens is 1740 g/mol. The second kappa shape index (κ2) is 31.6. The molecule has 0 fully saturated rings. The predicted octanol–water partition coefficient (Wildman–Crippen LogP) is 39.7. The fraction of sp³-hybridized carbons (Fsp3) is 0.0638. The summed E-state index contributed by atoms with van der Waals surface area (Å²) in [5, 5.41) is -13.5. The van der Waals surface area contributed by atoms with Crippen molar-refractivity contribution in [2.24, 2.45) is 0 Å². The molecule has 3 aromatic heterocycles. The van der Waals surface area contributed by atoms with Gasteiger partial charge in [0.05, 0.1) is 103 Å². The lowest BCUT2D eigenvalue weighted by molar-refractivity contribution is 0.660. The number of rotatable bonds is 7. The number of fused-ring (bicyclic) bond motifs is 30. The van der Waals surface area contributed by atoms with E-state index in [1.807, 2.05) is 0 Å². The van der Waals surface area contributed by atoms with Crippen molar-refractivity contribution in [3.63, 3.8) is 0 Å². The van der Waals surface area contributed by atoms with E-state index in [1.165, 1.54) is 6.07 Å². The summed E-state index contributed by atoms with van der Waals surface area (Å²) in [6, 6.07) is -64.5. The van der Waals surface area contributed by atoms with Gasteiger partial charge in [0.15, 0.2) is 0 Å². The lowest BCUT2D eigenvalue weighted by Gasteiger charge is -2.24. The van der Waals surface area contributed by atoms with Crippen molar-refractivity contribution in [2.75, 3.05) is 0 Å². The zero-order chi connectivity index (χ0) is 166. The van der Waals surface area contributed by atoms with E-state index in [0.717, 1.165) is 0 Å². The Morgan fingerprint density at radius 2 is 0.451 bits per heavy atom. The van der Waals surface area contributed by atoms with E-state index in [2.05, 4.69) is 0 Å². The summed E-state index contributed by atoms with van der Waals surface area (Å²) < 4.78 is 755. The zero-order valence-corrected chi connectivity index (χ0v) is 73.8. The molecule has 0 spiro atoms. The second-order valence-corrected chi connectivity index (χ2v) is 34.6. The van der Waals surface area contributed by atoms with Crippen molar-refractivity contribution < 1.29 is 124 Å². The first-order chi connectivity index (χ1) is 104. The standard InChI is InChI=1S/C51H34O.2C45H30O/c1-51(2)44-21-10-9-14-37(44)42-20-11-19-36(50(42)51)32-22-24-33(25-23-32)47-38-15-5-7-17-40(38)48(41-18-8-6-16-39(41)47)34-27-28-45-43(30-34)49-35-13-4-3-12-31(35)26-29-46(49)52-45;1-45(2)37-20-10-9-18-34(37)43-35(19-11-21-38(43)45)42-32-16-7-5-14-30(32)41(31-15-6-8-17-33(31)42)28-23-24-39-36(26-28)44-29-13-4-3-12-27(29)22-25-40(44)46-39;1-45(2)38-18-10-9-13-31(38)36-25-28(19-22-39(36)45)42-32-14-5-7-16-34(32)43(35-17-8-6-15-33(35)42)29-21-23-40-37(26-29)44-30-12-4-3-11-27(30)20-24-41(44)46-40/h3-30H,1-2H3;2*3-26H,1-2H3/i1D3,2D3,3D,4D,5D,6D,7D,8D,9D,10D,11D,12D,13D,14D,15D,16D,17D,18D,19D,20D,21D,22D,23D,24D,25D,26D,27D,28D,29D,30D;3D,4D,5D,6D,7D,8D,9D,10D,11D,12D,13D,14D,15D,16D,17D,18D,19D,20D,22D,23D,24D,25D,26D;3D,4D,5D,6D,7D,8D,9D,10D,11D,12D,13D,14D,15D,16D,17D,18D,19D,20D,21D,22D,23D,24D,25D,26D. The van der Waals surface area contributed by atoms with Crippen LogP contribution in [-0.4, -0.2) is 0 Å². The van der Waals surface area contributed by atoms with Gasteiger partial charge in [0, 0.05) is 56.8 Å². The maximum atomic E-state index is 9.95. The van der Waals surface area contributed by atoms with Gasteiger partial charge in [0.25, 0.3) is 0 Å². The maximum Gasteiger partial charge on any atom is 0.136 e. The Labute approximate surface area is 947 Å². The topological polar surface area (TPSA) is 39.4 Å². The van der Waals surface area contributed by atoms with E-state index in [0.29, 0.717) is 0 Å². The van der Waals surface area contributed by atoms with Crippen LogP contribution in [0.25, 0.3) is 274 Å². The predicted molar refractivity (Wildman–Crippen MR) is 609 cm³/mol. The van der Waals surface area contributed by atoms with Crippen molar-refractivity contribution in [3.8, 4) is 111 Å². The van der Waals surface area contributed by atoms with E-state index in [1.54, 1.807) is 27.7 Å². The van der Waals surface area contributed by atoms with Crippen molar-refractivity contribution in [3.05, 3.63) is 493 Å². The summed E-state index contributed by atoms with van der Waals surface area (Å²) in [4.78, 5) is 0. The lowest BCUT2D eigenvalue weighted by atomic mass is 9.78. The first kappa shape index (κ1) is 35.8. The number of benzene rings is 25. The average Bonchev–Trinajstić information content (AvgIpc) is 1.48. The Bertz CT molecular complexity index is 15400. The van der Waals surface area contributed by atoms with Gasteiger partial charge in [-0.3, -0.25) is 0 Å². The Kier molecular flexibility index (Phi) is 7.86. The number of furan rings is 3. The van der Waals surface area contributed by atoms with Gasteiger partial charge in [-0.1, -0.05) is 440 Å². The molecule has 3 heteroatoms. The fourth-order valence-electron chi connectivity index (χ4n) is 20.0. The Hall–Kier alpha value is -17.8. The van der Waals surface area contributed by atoms with E-state index in [-0.39, 0.29) is 66.2 Å². The van der Waals surface area contributed by atoms with Gasteiger partial charge in [-0.25, -0.2) is 0 Å². The first-order valence-corrected chi connectivity index (χ1v) is 43.8. The highest BCUT2D eigenvalue weighted by atomic mass is 16.3. The zero-order valence-electron chi connectivity index (χ0n) is 155. The lowest BCUT2D eigenvalue weighted by Crippen LogP contribution is -2.16. The molecule has 0 aliphatic heterocycles. The van der Waals surface area contributed by atoms with Gasteiger partial charge in [-0.15, -0.1) is 0 Å². The highest BCUT2D eigenvalue weighted by Crippen LogP contribution is 2.59. The monoisotopic (exact) mass is 1920 g/mol. The third-order valence-electron chi connectivity index (χ3n) is 26.3. The molecule has 144 heavy (non-hydrogen) atoms. The SMILES string of the molecule is [2H]c1c([2H])c([2H])c2c(c1[2H])-c1c([2H])c(-c3c4c([2H])c([2H])c([2H])c([2H])c4c(-c4c([2H])c([2H])c5oc6c([2H])c([2H])c7c([2H])c([2H])c([2H])c([2H])c7c6c5c4[2H])c4c([2H])c([2H])c([2H])c([2H])c34)c([2H])c([2H])c1C2(C)C.[2H]c1c([2H])c([2H])c2c(c1[2H])-c1c([2H])c([2H])c([2H])c(-c3c([2H])c([2H])c(-c4c5c([2H])c([2H])c([2H])c([2H])c5c(-c5c([2H])c([2H])c6oc7c([2H])c([2H])c8c([2H])c([2H])c([2H])c([2H])c8c7c6c5[2H])c5c([2H])c([2H])c([2H])c([2H])c45)c([2H])c3[2H])c1C2(C([2H])([2H])[2H])C([2H])([2H])[2H].[2H]c1cc2c(c(-c3c4c([2H])c([2H])c([2H])c([2H])c4c(-c4c([2H])c([2H])c5oc6c([2H])c([2H])c7c([2H])c([2H])c([2H])c([2H])c7c6c5c4[2H])c4c([2H])c([2H])c([2H])c([2H])c34)c1[2H])-c1c([2H])c([2H])c([2H])c([2H])c1C2(C)C. The van der Waals surface area contributed by atoms with Crippen molar-refractivity contribution in [1.82, 2.24) is 0 Å². The van der Waals surface area contributed by atoms with Crippen LogP contribution in [0.4, 0.5) is 0 Å². The molecule has 25 aromatic carbocycles. The minimum absolute atomic E-state index is 0.0000896. The van der Waals surface area contributed by atoms with Crippen LogP contribution in [-0.2, 0) is 16.2 Å². The quantitative estimate of drug-likeness (QED) is 0.149. The molecule has 0 radical (unpaired) electrons. The highest BCUT2D eigenvalue weighted by molar-refractivity contribution is 6.29. The maximum absolute atomic E-state index is 9.95. The molecule has 3 aliphatic rings. The molecule has 0 N–H and O–H groups in total. The molecule has 676 valence electrons. The molecule has 0 atom stereocenters. The van der Waals surface area contributed by atoms with Gasteiger partial charge in [0.2, 0.25) is 0 Å². The molecule has 31 rings (SSSR count). The third kappa shape index (κ3) is 12.3.